The van der Waals surface area contributed by atoms with Crippen molar-refractivity contribution in [3.8, 4) is 5.75 Å². The molecule has 4 aromatic rings. The van der Waals surface area contributed by atoms with Gasteiger partial charge in [0.25, 0.3) is 0 Å². The maximum Gasteiger partial charge on any atom is 0.118 e. The number of hydrogen-bond acceptors (Lipinski definition) is 6. The van der Waals surface area contributed by atoms with E-state index in [0.29, 0.717) is 32.8 Å². The quantitative estimate of drug-likeness (QED) is 0.215. The predicted octanol–water partition coefficient (Wildman–Crippen LogP) is 6.10. The van der Waals surface area contributed by atoms with E-state index in [4.69, 9.17) is 23.7 Å². The molecule has 5 rings (SSSR count). The molecule has 6 nitrogen and oxygen atoms in total. The Balaban J connectivity index is 1.38. The van der Waals surface area contributed by atoms with E-state index >= 15 is 0 Å². The number of aliphatic hydroxyl groups is 1. The van der Waals surface area contributed by atoms with Crippen LogP contribution in [0.15, 0.2) is 115 Å². The van der Waals surface area contributed by atoms with Gasteiger partial charge in [0.2, 0.25) is 0 Å². The number of benzene rings is 4. The fourth-order valence-corrected chi connectivity index (χ4v) is 5.11. The summed E-state index contributed by atoms with van der Waals surface area (Å²) in [6.45, 7) is 1.48. The fraction of sp³-hybridized carbons (Fsp3) is 0.314. The first-order valence-electron chi connectivity index (χ1n) is 14.1. The molecular formula is C35H38O6. The molecule has 0 saturated heterocycles. The summed E-state index contributed by atoms with van der Waals surface area (Å²) < 4.78 is 31.2. The Hall–Kier alpha value is -3.52. The second-order valence-electron chi connectivity index (χ2n) is 10.3. The first kappa shape index (κ1) is 29.0. The summed E-state index contributed by atoms with van der Waals surface area (Å²) in [7, 11) is 1.64. The minimum absolute atomic E-state index is 0.317. The van der Waals surface area contributed by atoms with Crippen LogP contribution in [-0.2, 0) is 45.4 Å². The number of ether oxygens (including phenoxy) is 5. The Morgan fingerprint density at radius 1 is 0.512 bits per heavy atom. The second kappa shape index (κ2) is 14.9. The SMILES string of the molecule is COc1ccc(COC2[C@H](O)C[C@H](OCc3ccccc3)[C@H](OCc3ccccc3)[C@H]2OCc2ccccc2)cc1. The van der Waals surface area contributed by atoms with E-state index < -0.39 is 30.5 Å². The molecule has 1 aliphatic rings. The van der Waals surface area contributed by atoms with Gasteiger partial charge in [-0.15, -0.1) is 0 Å². The molecule has 0 aromatic heterocycles. The summed E-state index contributed by atoms with van der Waals surface area (Å²) in [6, 6.07) is 37.8. The van der Waals surface area contributed by atoms with Crippen molar-refractivity contribution in [3.05, 3.63) is 138 Å². The van der Waals surface area contributed by atoms with Crippen molar-refractivity contribution < 1.29 is 28.8 Å². The van der Waals surface area contributed by atoms with Crippen molar-refractivity contribution in [2.24, 2.45) is 0 Å². The van der Waals surface area contributed by atoms with Crippen molar-refractivity contribution in [3.63, 3.8) is 0 Å². The molecule has 41 heavy (non-hydrogen) atoms. The highest BCUT2D eigenvalue weighted by atomic mass is 16.6. The van der Waals surface area contributed by atoms with Crippen LogP contribution in [0.25, 0.3) is 0 Å². The van der Waals surface area contributed by atoms with Gasteiger partial charge >= 0.3 is 0 Å². The lowest BCUT2D eigenvalue weighted by molar-refractivity contribution is -0.240. The van der Waals surface area contributed by atoms with E-state index in [1.54, 1.807) is 7.11 Å². The van der Waals surface area contributed by atoms with Crippen LogP contribution in [0.3, 0.4) is 0 Å². The summed E-state index contributed by atoms with van der Waals surface area (Å²) >= 11 is 0. The second-order valence-corrected chi connectivity index (χ2v) is 10.3. The van der Waals surface area contributed by atoms with Crippen molar-refractivity contribution in [2.75, 3.05) is 7.11 Å². The minimum atomic E-state index is -0.800. The van der Waals surface area contributed by atoms with Crippen LogP contribution in [0.2, 0.25) is 0 Å². The van der Waals surface area contributed by atoms with Gasteiger partial charge in [-0.25, -0.2) is 0 Å². The number of rotatable bonds is 13. The van der Waals surface area contributed by atoms with Crippen LogP contribution in [0.1, 0.15) is 28.7 Å². The van der Waals surface area contributed by atoms with E-state index in [-0.39, 0.29) is 0 Å². The summed E-state index contributed by atoms with van der Waals surface area (Å²) in [5, 5.41) is 11.4. The van der Waals surface area contributed by atoms with Crippen LogP contribution in [0, 0.1) is 0 Å². The van der Waals surface area contributed by atoms with E-state index in [2.05, 4.69) is 0 Å². The van der Waals surface area contributed by atoms with E-state index in [1.807, 2.05) is 115 Å². The molecule has 5 atom stereocenters. The topological polar surface area (TPSA) is 66.4 Å². The molecule has 0 spiro atoms. The molecule has 0 aliphatic heterocycles. The molecule has 0 bridgehead atoms. The molecule has 0 heterocycles. The van der Waals surface area contributed by atoms with Gasteiger partial charge in [0.1, 0.15) is 24.1 Å². The number of aliphatic hydroxyl groups excluding tert-OH is 1. The molecular weight excluding hydrogens is 516 g/mol. The smallest absolute Gasteiger partial charge is 0.118 e. The van der Waals surface area contributed by atoms with Gasteiger partial charge in [0.05, 0.1) is 45.7 Å². The van der Waals surface area contributed by atoms with E-state index in [9.17, 15) is 5.11 Å². The van der Waals surface area contributed by atoms with Crippen LogP contribution in [0.4, 0.5) is 0 Å². The van der Waals surface area contributed by atoms with E-state index in [1.165, 1.54) is 0 Å². The van der Waals surface area contributed by atoms with Crippen molar-refractivity contribution in [1.29, 1.82) is 0 Å². The minimum Gasteiger partial charge on any atom is -0.497 e. The molecule has 1 fully saturated rings. The van der Waals surface area contributed by atoms with Gasteiger partial charge < -0.3 is 28.8 Å². The first-order chi connectivity index (χ1) is 20.2. The Morgan fingerprint density at radius 3 is 1.41 bits per heavy atom. The van der Waals surface area contributed by atoms with Crippen LogP contribution in [-0.4, -0.2) is 42.7 Å². The number of hydrogen-bond donors (Lipinski definition) is 1. The van der Waals surface area contributed by atoms with Gasteiger partial charge in [0.15, 0.2) is 0 Å². The third kappa shape index (κ3) is 8.26. The highest BCUT2D eigenvalue weighted by Gasteiger charge is 2.47. The molecule has 1 saturated carbocycles. The molecule has 1 N–H and O–H groups in total. The monoisotopic (exact) mass is 554 g/mol. The Morgan fingerprint density at radius 2 is 0.927 bits per heavy atom. The summed E-state index contributed by atoms with van der Waals surface area (Å²) in [5.74, 6) is 0.781. The zero-order valence-electron chi connectivity index (χ0n) is 23.4. The lowest BCUT2D eigenvalue weighted by Gasteiger charge is -2.44. The van der Waals surface area contributed by atoms with Crippen LogP contribution < -0.4 is 4.74 Å². The van der Waals surface area contributed by atoms with Crippen LogP contribution >= 0.6 is 0 Å². The Bertz CT molecular complexity index is 1280. The van der Waals surface area contributed by atoms with Gasteiger partial charge in [-0.05, 0) is 34.4 Å². The lowest BCUT2D eigenvalue weighted by Crippen LogP contribution is -2.59. The molecule has 4 aromatic carbocycles. The largest absolute Gasteiger partial charge is 0.497 e. The van der Waals surface area contributed by atoms with Gasteiger partial charge in [-0.2, -0.15) is 0 Å². The highest BCUT2D eigenvalue weighted by molar-refractivity contribution is 5.26. The average molecular weight is 555 g/mol. The predicted molar refractivity (Wildman–Crippen MR) is 157 cm³/mol. The van der Waals surface area contributed by atoms with Crippen molar-refractivity contribution in [1.82, 2.24) is 0 Å². The molecule has 0 amide bonds. The molecule has 1 unspecified atom stereocenters. The molecule has 214 valence electrons. The Kier molecular flexibility index (Phi) is 10.5. The normalized spacial score (nSPS) is 22.3. The third-order valence-corrected chi connectivity index (χ3v) is 7.35. The fourth-order valence-electron chi connectivity index (χ4n) is 5.11. The van der Waals surface area contributed by atoms with Crippen LogP contribution in [0.5, 0.6) is 5.75 Å². The molecule has 0 radical (unpaired) electrons. The summed E-state index contributed by atoms with van der Waals surface area (Å²) in [5.41, 5.74) is 4.12. The van der Waals surface area contributed by atoms with Gasteiger partial charge in [-0.3, -0.25) is 0 Å². The van der Waals surface area contributed by atoms with Crippen molar-refractivity contribution in [2.45, 2.75) is 63.4 Å². The zero-order chi connectivity index (χ0) is 28.3. The first-order valence-corrected chi connectivity index (χ1v) is 14.1. The maximum atomic E-state index is 11.4. The molecule has 6 heteroatoms. The van der Waals surface area contributed by atoms with Gasteiger partial charge in [-0.1, -0.05) is 103 Å². The van der Waals surface area contributed by atoms with Gasteiger partial charge in [0, 0.05) is 6.42 Å². The number of methoxy groups -OCH3 is 1. The summed E-state index contributed by atoms with van der Waals surface area (Å²) in [4.78, 5) is 0. The van der Waals surface area contributed by atoms with Crippen molar-refractivity contribution >= 4 is 0 Å². The highest BCUT2D eigenvalue weighted by Crippen LogP contribution is 2.32. The maximum absolute atomic E-state index is 11.4. The Labute approximate surface area is 242 Å². The summed E-state index contributed by atoms with van der Waals surface area (Å²) in [6.07, 6.45) is -2.47. The average Bonchev–Trinajstić information content (AvgIpc) is 3.03. The van der Waals surface area contributed by atoms with E-state index in [0.717, 1.165) is 28.0 Å². The zero-order valence-corrected chi connectivity index (χ0v) is 23.4. The third-order valence-electron chi connectivity index (χ3n) is 7.35. The molecule has 1 aliphatic carbocycles. The standard InChI is InChI=1S/C35H38O6/c1-37-30-19-17-29(18-20-30)25-39-33-31(36)21-32(38-22-26-11-5-2-6-12-26)34(40-23-27-13-7-3-8-14-27)35(33)41-24-28-15-9-4-10-16-28/h2-20,31-36H,21-25H2,1H3/t31-,32+,33?,34+,35+/m1/s1. The lowest BCUT2D eigenvalue weighted by atomic mass is 9.86.